The van der Waals surface area contributed by atoms with Gasteiger partial charge in [-0.05, 0) is 49.2 Å². The molecule has 0 fully saturated rings. The van der Waals surface area contributed by atoms with Crippen molar-refractivity contribution >= 4 is 17.2 Å². The van der Waals surface area contributed by atoms with Gasteiger partial charge in [0, 0.05) is 12.1 Å². The number of rotatable bonds is 5. The van der Waals surface area contributed by atoms with Crippen LogP contribution in [0.25, 0.3) is 22.2 Å². The van der Waals surface area contributed by atoms with Crippen molar-refractivity contribution in [1.29, 1.82) is 0 Å². The van der Waals surface area contributed by atoms with Gasteiger partial charge in [-0.3, -0.25) is 4.79 Å². The lowest BCUT2D eigenvalue weighted by molar-refractivity contribution is 0.0955. The van der Waals surface area contributed by atoms with Crippen LogP contribution in [0.5, 0.6) is 0 Å². The average molecular weight is 389 g/mol. The minimum absolute atomic E-state index is 0.109. The largest absolute Gasteiger partial charge is 0.347 e. The highest BCUT2D eigenvalue weighted by Gasteiger charge is 2.15. The van der Waals surface area contributed by atoms with Crippen LogP contribution in [0, 0.1) is 13.8 Å². The number of nitrogens with zero attached hydrogens (tertiary/aromatic N) is 2. The highest BCUT2D eigenvalue weighted by molar-refractivity contribution is 7.17. The van der Waals surface area contributed by atoms with Crippen molar-refractivity contribution in [2.24, 2.45) is 0 Å². The number of hydrogen-bond donors (Lipinski definition) is 1. The van der Waals surface area contributed by atoms with Gasteiger partial charge in [-0.2, -0.15) is 4.98 Å². The van der Waals surface area contributed by atoms with E-state index in [-0.39, 0.29) is 5.91 Å². The van der Waals surface area contributed by atoms with E-state index in [9.17, 15) is 4.79 Å². The molecule has 0 aliphatic heterocycles. The van der Waals surface area contributed by atoms with Gasteiger partial charge in [0.15, 0.2) is 0 Å². The topological polar surface area (TPSA) is 68.0 Å². The monoisotopic (exact) mass is 389 g/mol. The summed E-state index contributed by atoms with van der Waals surface area (Å²) < 4.78 is 5.38. The number of benzene rings is 2. The van der Waals surface area contributed by atoms with Crippen LogP contribution in [-0.2, 0) is 6.54 Å². The van der Waals surface area contributed by atoms with Crippen molar-refractivity contribution in [3.05, 3.63) is 82.2 Å². The summed E-state index contributed by atoms with van der Waals surface area (Å²) in [5.74, 6) is 0.842. The zero-order chi connectivity index (χ0) is 19.5. The van der Waals surface area contributed by atoms with Crippen molar-refractivity contribution in [2.45, 2.75) is 20.4 Å². The van der Waals surface area contributed by atoms with E-state index in [0.717, 1.165) is 21.6 Å². The molecule has 0 saturated heterocycles. The van der Waals surface area contributed by atoms with Gasteiger partial charge >= 0.3 is 0 Å². The van der Waals surface area contributed by atoms with Crippen molar-refractivity contribution in [2.75, 3.05) is 0 Å². The molecule has 28 heavy (non-hydrogen) atoms. The van der Waals surface area contributed by atoms with Gasteiger partial charge in [-0.25, -0.2) is 0 Å². The Morgan fingerprint density at radius 2 is 1.82 bits per heavy atom. The molecule has 2 heterocycles. The number of hydrogen-bond acceptors (Lipinski definition) is 5. The third-order valence-electron chi connectivity index (χ3n) is 4.48. The summed E-state index contributed by atoms with van der Waals surface area (Å²) in [6.07, 6.45) is 0. The number of thiophene rings is 1. The molecular weight excluding hydrogens is 370 g/mol. The lowest BCUT2D eigenvalue weighted by atomic mass is 10.1. The highest BCUT2D eigenvalue weighted by atomic mass is 32.1. The first-order chi connectivity index (χ1) is 13.6. The summed E-state index contributed by atoms with van der Waals surface area (Å²) in [7, 11) is 0. The van der Waals surface area contributed by atoms with Gasteiger partial charge in [0.1, 0.15) is 0 Å². The SMILES string of the molecule is Cc1ccc(-c2nc(-c3ccc(C(=O)NCc4ccccc4C)s3)no2)cc1. The normalized spacial score (nSPS) is 10.8. The van der Waals surface area contributed by atoms with Gasteiger partial charge in [0.05, 0.1) is 9.75 Å². The Morgan fingerprint density at radius 1 is 1.04 bits per heavy atom. The zero-order valence-corrected chi connectivity index (χ0v) is 16.4. The molecule has 4 rings (SSSR count). The van der Waals surface area contributed by atoms with Crippen LogP contribution in [0.1, 0.15) is 26.4 Å². The van der Waals surface area contributed by atoms with Crippen LogP contribution in [0.4, 0.5) is 0 Å². The molecule has 0 aliphatic carbocycles. The molecule has 2 aromatic carbocycles. The molecule has 0 atom stereocenters. The van der Waals surface area contributed by atoms with E-state index in [4.69, 9.17) is 4.52 Å². The summed E-state index contributed by atoms with van der Waals surface area (Å²) in [5.41, 5.74) is 4.30. The molecule has 6 heteroatoms. The molecule has 0 unspecified atom stereocenters. The number of aromatic nitrogens is 2. The van der Waals surface area contributed by atoms with Crippen LogP contribution < -0.4 is 5.32 Å². The first-order valence-electron chi connectivity index (χ1n) is 8.94. The van der Waals surface area contributed by atoms with E-state index in [0.29, 0.717) is 23.1 Å². The standard InChI is InChI=1S/C22H19N3O2S/c1-14-7-9-16(10-8-14)22-24-20(25-27-22)18-11-12-19(28-18)21(26)23-13-17-6-4-3-5-15(17)2/h3-12H,13H2,1-2H3,(H,23,26). The Labute approximate surface area is 167 Å². The maximum absolute atomic E-state index is 12.5. The van der Waals surface area contributed by atoms with Crippen molar-refractivity contribution in [1.82, 2.24) is 15.5 Å². The smallest absolute Gasteiger partial charge is 0.261 e. The van der Waals surface area contributed by atoms with Gasteiger partial charge in [0.2, 0.25) is 5.82 Å². The van der Waals surface area contributed by atoms with Gasteiger partial charge in [-0.15, -0.1) is 11.3 Å². The average Bonchev–Trinajstić information content (AvgIpc) is 3.37. The van der Waals surface area contributed by atoms with Crippen LogP contribution in [0.3, 0.4) is 0 Å². The van der Waals surface area contributed by atoms with Crippen LogP contribution in [0.2, 0.25) is 0 Å². The van der Waals surface area contributed by atoms with Crippen LogP contribution in [-0.4, -0.2) is 16.0 Å². The minimum atomic E-state index is -0.109. The maximum atomic E-state index is 12.5. The first kappa shape index (κ1) is 18.1. The van der Waals surface area contributed by atoms with Gasteiger partial charge in [-0.1, -0.05) is 47.1 Å². The van der Waals surface area contributed by atoms with Crippen molar-refractivity contribution in [3.63, 3.8) is 0 Å². The number of carbonyl (C=O) groups is 1. The summed E-state index contributed by atoms with van der Waals surface area (Å²) in [6, 6.07) is 19.5. The summed E-state index contributed by atoms with van der Waals surface area (Å²) in [5, 5.41) is 7.02. The summed E-state index contributed by atoms with van der Waals surface area (Å²) in [4.78, 5) is 18.3. The molecule has 0 radical (unpaired) electrons. The number of carbonyl (C=O) groups excluding carboxylic acids is 1. The molecule has 1 N–H and O–H groups in total. The summed E-state index contributed by atoms with van der Waals surface area (Å²) in [6.45, 7) is 4.56. The predicted octanol–water partition coefficient (Wildman–Crippen LogP) is 5.01. The second-order valence-corrected chi connectivity index (χ2v) is 7.65. The molecule has 0 saturated carbocycles. The fourth-order valence-corrected chi connectivity index (χ4v) is 3.64. The van der Waals surface area contributed by atoms with Crippen LogP contribution in [0.15, 0.2) is 65.2 Å². The van der Waals surface area contributed by atoms with Crippen molar-refractivity contribution in [3.8, 4) is 22.2 Å². The molecule has 140 valence electrons. The second kappa shape index (κ2) is 7.78. The summed E-state index contributed by atoms with van der Waals surface area (Å²) >= 11 is 1.35. The Bertz CT molecular complexity index is 1110. The van der Waals surface area contributed by atoms with E-state index >= 15 is 0 Å². The number of nitrogens with one attached hydrogen (secondary N) is 1. The highest BCUT2D eigenvalue weighted by Crippen LogP contribution is 2.28. The second-order valence-electron chi connectivity index (χ2n) is 6.56. The van der Waals surface area contributed by atoms with E-state index in [1.54, 1.807) is 6.07 Å². The predicted molar refractivity (Wildman–Crippen MR) is 110 cm³/mol. The fourth-order valence-electron chi connectivity index (χ4n) is 2.79. The first-order valence-corrected chi connectivity index (χ1v) is 9.75. The molecule has 5 nitrogen and oxygen atoms in total. The molecule has 2 aromatic heterocycles. The minimum Gasteiger partial charge on any atom is -0.347 e. The van der Waals surface area contributed by atoms with Gasteiger partial charge < -0.3 is 9.84 Å². The Hall–Kier alpha value is -3.25. The third-order valence-corrected chi connectivity index (χ3v) is 5.56. The quantitative estimate of drug-likeness (QED) is 0.521. The molecule has 0 bridgehead atoms. The number of amides is 1. The Kier molecular flexibility index (Phi) is 5.04. The lowest BCUT2D eigenvalue weighted by Crippen LogP contribution is -2.22. The van der Waals surface area contributed by atoms with E-state index in [2.05, 4.69) is 15.5 Å². The van der Waals surface area contributed by atoms with E-state index in [1.165, 1.54) is 16.9 Å². The lowest BCUT2D eigenvalue weighted by Gasteiger charge is -2.06. The van der Waals surface area contributed by atoms with E-state index < -0.39 is 0 Å². The van der Waals surface area contributed by atoms with Crippen LogP contribution >= 0.6 is 11.3 Å². The van der Waals surface area contributed by atoms with E-state index in [1.807, 2.05) is 68.4 Å². The van der Waals surface area contributed by atoms with Gasteiger partial charge in [0.25, 0.3) is 11.8 Å². The zero-order valence-electron chi connectivity index (χ0n) is 15.6. The molecule has 1 amide bonds. The third kappa shape index (κ3) is 3.87. The molecule has 4 aromatic rings. The fraction of sp³-hybridized carbons (Fsp3) is 0.136. The molecular formula is C22H19N3O2S. The molecule has 0 spiro atoms. The molecule has 0 aliphatic rings. The Balaban J connectivity index is 1.46. The number of aryl methyl sites for hydroxylation is 2. The maximum Gasteiger partial charge on any atom is 0.261 e. The Morgan fingerprint density at radius 3 is 2.61 bits per heavy atom. The van der Waals surface area contributed by atoms with Crippen molar-refractivity contribution < 1.29 is 9.32 Å².